The molecule has 0 unspecified atom stereocenters. The Labute approximate surface area is 92.5 Å². The van der Waals surface area contributed by atoms with E-state index in [1.165, 1.54) is 6.08 Å². The van der Waals surface area contributed by atoms with Gasteiger partial charge in [0.15, 0.2) is 6.61 Å². The van der Waals surface area contributed by atoms with Crippen LogP contribution in [-0.2, 0) is 14.3 Å². The van der Waals surface area contributed by atoms with E-state index in [0.29, 0.717) is 0 Å². The summed E-state index contributed by atoms with van der Waals surface area (Å²) in [7, 11) is 1.57. The van der Waals surface area contributed by atoms with Gasteiger partial charge in [0, 0.05) is 0 Å². The number of hydrogen-bond donors (Lipinski definition) is 0. The maximum atomic E-state index is 11.3. The van der Waals surface area contributed by atoms with Crippen LogP contribution in [0.25, 0.3) is 6.08 Å². The molecule has 0 N–H and O–H groups in total. The van der Waals surface area contributed by atoms with Gasteiger partial charge in [0.25, 0.3) is 0 Å². The molecule has 1 saturated heterocycles. The molecule has 82 valence electrons. The molecule has 0 bridgehead atoms. The van der Waals surface area contributed by atoms with Crippen molar-refractivity contribution in [1.29, 1.82) is 0 Å². The van der Waals surface area contributed by atoms with Crippen molar-refractivity contribution in [2.24, 2.45) is 0 Å². The minimum absolute atomic E-state index is 0.102. The summed E-state index contributed by atoms with van der Waals surface area (Å²) in [4.78, 5) is 22.4. The number of ketones is 1. The molecule has 0 amide bonds. The molecule has 1 aromatic rings. The third kappa shape index (κ3) is 1.95. The second kappa shape index (κ2) is 4.18. The average Bonchev–Trinajstić information content (AvgIpc) is 2.62. The van der Waals surface area contributed by atoms with Gasteiger partial charge in [0.2, 0.25) is 5.78 Å². The number of methoxy groups -OCH3 is 1. The van der Waals surface area contributed by atoms with Crippen LogP contribution in [0.1, 0.15) is 5.56 Å². The van der Waals surface area contributed by atoms with Gasteiger partial charge in [-0.2, -0.15) is 0 Å². The number of ether oxygens (including phenoxy) is 2. The molecule has 1 aliphatic heterocycles. The summed E-state index contributed by atoms with van der Waals surface area (Å²) < 4.78 is 9.62. The maximum absolute atomic E-state index is 11.3. The number of cyclic esters (lactones) is 1. The lowest BCUT2D eigenvalue weighted by Gasteiger charge is -1.99. The van der Waals surface area contributed by atoms with Crippen molar-refractivity contribution >= 4 is 17.8 Å². The predicted molar refractivity (Wildman–Crippen MR) is 56.9 cm³/mol. The number of rotatable bonds is 2. The first kappa shape index (κ1) is 10.4. The van der Waals surface area contributed by atoms with Crippen molar-refractivity contribution in [3.8, 4) is 5.75 Å². The van der Waals surface area contributed by atoms with Crippen LogP contribution in [0.2, 0.25) is 0 Å². The number of benzene rings is 1. The topological polar surface area (TPSA) is 52.6 Å². The minimum atomic E-state index is -0.555. The highest BCUT2D eigenvalue weighted by atomic mass is 16.5. The summed E-state index contributed by atoms with van der Waals surface area (Å²) in [6, 6.07) is 7.06. The number of carbonyl (C=O) groups excluding carboxylic acids is 2. The Balaban J connectivity index is 2.28. The van der Waals surface area contributed by atoms with Gasteiger partial charge in [-0.05, 0) is 23.8 Å². The highest BCUT2D eigenvalue weighted by molar-refractivity contribution is 6.24. The molecule has 1 aliphatic rings. The summed E-state index contributed by atoms with van der Waals surface area (Å²) >= 11 is 0. The summed E-state index contributed by atoms with van der Waals surface area (Å²) in [6.07, 6.45) is 1.52. The van der Waals surface area contributed by atoms with E-state index in [-0.39, 0.29) is 18.0 Å². The zero-order chi connectivity index (χ0) is 11.5. The predicted octanol–water partition coefficient (Wildman–Crippen LogP) is 1.20. The normalized spacial score (nSPS) is 17.7. The fraction of sp³-hybridized carbons (Fsp3) is 0.167. The van der Waals surface area contributed by atoms with Crippen molar-refractivity contribution in [1.82, 2.24) is 0 Å². The van der Waals surface area contributed by atoms with Gasteiger partial charge in [-0.25, -0.2) is 4.79 Å². The largest absolute Gasteiger partial charge is 0.497 e. The van der Waals surface area contributed by atoms with Crippen LogP contribution in [0.5, 0.6) is 5.75 Å². The molecular weight excluding hydrogens is 208 g/mol. The summed E-state index contributed by atoms with van der Waals surface area (Å²) in [5.41, 5.74) is 0.869. The van der Waals surface area contributed by atoms with Crippen LogP contribution in [0, 0.1) is 0 Å². The Kier molecular flexibility index (Phi) is 2.72. The molecule has 4 heteroatoms. The number of Topliss-reactive ketones (excluding diaryl/α,β-unsaturated/α-hetero) is 1. The Morgan fingerprint density at radius 1 is 1.25 bits per heavy atom. The van der Waals surface area contributed by atoms with E-state index >= 15 is 0 Å². The van der Waals surface area contributed by atoms with E-state index < -0.39 is 5.97 Å². The second-order valence-corrected chi connectivity index (χ2v) is 3.33. The molecule has 4 nitrogen and oxygen atoms in total. The van der Waals surface area contributed by atoms with E-state index in [0.717, 1.165) is 11.3 Å². The van der Waals surface area contributed by atoms with Gasteiger partial charge >= 0.3 is 5.97 Å². The zero-order valence-electron chi connectivity index (χ0n) is 8.73. The zero-order valence-corrected chi connectivity index (χ0v) is 8.73. The van der Waals surface area contributed by atoms with Crippen LogP contribution < -0.4 is 4.74 Å². The fourth-order valence-electron chi connectivity index (χ4n) is 1.41. The van der Waals surface area contributed by atoms with Gasteiger partial charge in [-0.3, -0.25) is 4.79 Å². The van der Waals surface area contributed by atoms with Crippen molar-refractivity contribution < 1.29 is 19.1 Å². The van der Waals surface area contributed by atoms with Gasteiger partial charge in [0.1, 0.15) is 11.3 Å². The molecule has 0 aromatic heterocycles. The molecule has 0 saturated carbocycles. The molecule has 16 heavy (non-hydrogen) atoms. The van der Waals surface area contributed by atoms with Crippen LogP contribution in [0.15, 0.2) is 29.8 Å². The van der Waals surface area contributed by atoms with Crippen LogP contribution >= 0.6 is 0 Å². The molecule has 1 fully saturated rings. The summed E-state index contributed by atoms with van der Waals surface area (Å²) in [5, 5.41) is 0. The Hall–Kier alpha value is -2.10. The first-order valence-electron chi connectivity index (χ1n) is 4.77. The highest BCUT2D eigenvalue weighted by Gasteiger charge is 2.27. The molecule has 0 aliphatic carbocycles. The minimum Gasteiger partial charge on any atom is -0.497 e. The third-order valence-electron chi connectivity index (χ3n) is 2.28. The monoisotopic (exact) mass is 218 g/mol. The fourth-order valence-corrected chi connectivity index (χ4v) is 1.41. The van der Waals surface area contributed by atoms with Crippen LogP contribution in [-0.4, -0.2) is 25.5 Å². The standard InChI is InChI=1S/C12H10O4/c1-15-9-4-2-8(3-5-9)6-10-11(13)7-16-12(10)14/h2-6H,7H2,1H3. The van der Waals surface area contributed by atoms with Crippen molar-refractivity contribution in [3.05, 3.63) is 35.4 Å². The molecule has 0 atom stereocenters. The number of carbonyl (C=O) groups is 2. The Bertz CT molecular complexity index is 438. The van der Waals surface area contributed by atoms with Crippen molar-refractivity contribution in [2.75, 3.05) is 13.7 Å². The lowest BCUT2D eigenvalue weighted by atomic mass is 10.1. The van der Waals surface area contributed by atoms with Gasteiger partial charge in [0.05, 0.1) is 7.11 Å². The Morgan fingerprint density at radius 2 is 1.94 bits per heavy atom. The molecular formula is C12H10O4. The quantitative estimate of drug-likeness (QED) is 0.425. The van der Waals surface area contributed by atoms with E-state index in [2.05, 4.69) is 4.74 Å². The van der Waals surface area contributed by atoms with E-state index in [4.69, 9.17) is 4.74 Å². The van der Waals surface area contributed by atoms with Gasteiger partial charge in [-0.15, -0.1) is 0 Å². The van der Waals surface area contributed by atoms with Crippen LogP contribution in [0.4, 0.5) is 0 Å². The second-order valence-electron chi connectivity index (χ2n) is 3.33. The SMILES string of the molecule is COc1ccc(C=C2C(=O)COC2=O)cc1. The van der Waals surface area contributed by atoms with Crippen LogP contribution in [0.3, 0.4) is 0 Å². The maximum Gasteiger partial charge on any atom is 0.342 e. The lowest BCUT2D eigenvalue weighted by molar-refractivity contribution is -0.135. The van der Waals surface area contributed by atoms with E-state index in [9.17, 15) is 9.59 Å². The van der Waals surface area contributed by atoms with Crippen molar-refractivity contribution in [3.63, 3.8) is 0 Å². The van der Waals surface area contributed by atoms with E-state index in [1.807, 2.05) is 0 Å². The first-order chi connectivity index (χ1) is 7.70. The summed E-state index contributed by atoms with van der Waals surface area (Å²) in [5.74, 6) is -0.107. The molecule has 1 heterocycles. The van der Waals surface area contributed by atoms with E-state index in [1.54, 1.807) is 31.4 Å². The average molecular weight is 218 g/mol. The summed E-state index contributed by atoms with van der Waals surface area (Å²) in [6.45, 7) is -0.152. The van der Waals surface area contributed by atoms with Gasteiger partial charge < -0.3 is 9.47 Å². The van der Waals surface area contributed by atoms with Gasteiger partial charge in [-0.1, -0.05) is 12.1 Å². The molecule has 0 radical (unpaired) electrons. The molecule has 0 spiro atoms. The Morgan fingerprint density at radius 3 is 2.44 bits per heavy atom. The third-order valence-corrected chi connectivity index (χ3v) is 2.28. The lowest BCUT2D eigenvalue weighted by Crippen LogP contribution is -2.00. The smallest absolute Gasteiger partial charge is 0.342 e. The first-order valence-corrected chi connectivity index (χ1v) is 4.77. The number of hydrogen-bond acceptors (Lipinski definition) is 4. The molecule has 1 aromatic carbocycles. The highest BCUT2D eigenvalue weighted by Crippen LogP contribution is 2.17. The number of esters is 1. The molecule has 2 rings (SSSR count). The van der Waals surface area contributed by atoms with Crippen molar-refractivity contribution in [2.45, 2.75) is 0 Å².